The van der Waals surface area contributed by atoms with Crippen molar-refractivity contribution in [1.29, 1.82) is 0 Å². The van der Waals surface area contributed by atoms with Crippen LogP contribution in [0.4, 0.5) is 4.39 Å². The van der Waals surface area contributed by atoms with Crippen LogP contribution in [0, 0.1) is 17.7 Å². The summed E-state index contributed by atoms with van der Waals surface area (Å²) in [7, 11) is 0. The summed E-state index contributed by atoms with van der Waals surface area (Å²) in [5.41, 5.74) is 1.03. The minimum absolute atomic E-state index is 0.195. The molecule has 5 heteroatoms. The third kappa shape index (κ3) is 4.17. The summed E-state index contributed by atoms with van der Waals surface area (Å²) in [5, 5.41) is 10.7. The monoisotopic (exact) mass is 360 g/mol. The van der Waals surface area contributed by atoms with Gasteiger partial charge in [-0.05, 0) is 42.4 Å². The van der Waals surface area contributed by atoms with Crippen molar-refractivity contribution in [2.45, 2.75) is 25.0 Å². The van der Waals surface area contributed by atoms with E-state index in [1.165, 1.54) is 12.1 Å². The van der Waals surface area contributed by atoms with Gasteiger partial charge in [0.25, 0.3) is 0 Å². The predicted molar refractivity (Wildman–Crippen MR) is 100 cm³/mol. The van der Waals surface area contributed by atoms with Gasteiger partial charge in [0, 0.05) is 38.8 Å². The minimum atomic E-state index is -0.205. The molecule has 2 heterocycles. The van der Waals surface area contributed by atoms with E-state index in [0.717, 1.165) is 64.3 Å². The molecule has 0 aromatic heterocycles. The number of nitrogens with zero attached hydrogens (tertiary/aromatic N) is 2. The molecule has 3 aliphatic rings. The first-order valence-electron chi connectivity index (χ1n) is 9.83. The predicted octanol–water partition coefficient (Wildman–Crippen LogP) is 2.24. The Morgan fingerprint density at radius 1 is 1.08 bits per heavy atom. The normalized spacial score (nSPS) is 33.6. The van der Waals surface area contributed by atoms with Crippen molar-refractivity contribution < 1.29 is 14.2 Å². The molecule has 3 fully saturated rings. The van der Waals surface area contributed by atoms with Gasteiger partial charge in [0.05, 0.1) is 19.3 Å². The summed E-state index contributed by atoms with van der Waals surface area (Å²) < 4.78 is 18.4. The number of aliphatic hydroxyl groups is 1. The van der Waals surface area contributed by atoms with Crippen LogP contribution in [0.1, 0.15) is 18.4 Å². The molecule has 1 aromatic carbocycles. The van der Waals surface area contributed by atoms with E-state index in [9.17, 15) is 9.50 Å². The van der Waals surface area contributed by atoms with Crippen LogP contribution in [0.25, 0.3) is 6.08 Å². The minimum Gasteiger partial charge on any atom is -0.391 e. The Bertz CT molecular complexity index is 615. The first kappa shape index (κ1) is 18.1. The van der Waals surface area contributed by atoms with Gasteiger partial charge in [-0.3, -0.25) is 9.80 Å². The molecule has 26 heavy (non-hydrogen) atoms. The molecule has 2 saturated heterocycles. The maximum Gasteiger partial charge on any atom is 0.123 e. The van der Waals surface area contributed by atoms with Crippen LogP contribution in [0.3, 0.4) is 0 Å². The number of rotatable bonds is 4. The highest BCUT2D eigenvalue weighted by atomic mass is 19.1. The fourth-order valence-corrected chi connectivity index (χ4v) is 4.87. The summed E-state index contributed by atoms with van der Waals surface area (Å²) in [4.78, 5) is 4.92. The molecule has 1 saturated carbocycles. The van der Waals surface area contributed by atoms with Crippen molar-refractivity contribution in [2.24, 2.45) is 11.8 Å². The average molecular weight is 360 g/mol. The van der Waals surface area contributed by atoms with Crippen molar-refractivity contribution in [3.63, 3.8) is 0 Å². The van der Waals surface area contributed by atoms with Gasteiger partial charge in [-0.15, -0.1) is 0 Å². The van der Waals surface area contributed by atoms with Crippen LogP contribution in [0.5, 0.6) is 0 Å². The van der Waals surface area contributed by atoms with E-state index in [2.05, 4.69) is 22.0 Å². The molecule has 1 N–H and O–H groups in total. The highest BCUT2D eigenvalue weighted by Gasteiger charge is 2.43. The maximum atomic E-state index is 13.0. The van der Waals surface area contributed by atoms with E-state index in [1.54, 1.807) is 12.1 Å². The topological polar surface area (TPSA) is 35.9 Å². The summed E-state index contributed by atoms with van der Waals surface area (Å²) in [6.45, 7) is 6.59. The number of hydrogen-bond acceptors (Lipinski definition) is 4. The van der Waals surface area contributed by atoms with Gasteiger partial charge in [-0.1, -0.05) is 24.3 Å². The fourth-order valence-electron chi connectivity index (χ4n) is 4.87. The van der Waals surface area contributed by atoms with Crippen LogP contribution >= 0.6 is 0 Å². The largest absolute Gasteiger partial charge is 0.391 e. The lowest BCUT2D eigenvalue weighted by molar-refractivity contribution is -0.0520. The number of fused-ring (bicyclic) bond motifs is 1. The molecule has 0 bridgehead atoms. The number of aliphatic hydroxyl groups excluding tert-OH is 1. The molecular formula is C21H29FN2O2. The fraction of sp³-hybridized carbons (Fsp3) is 0.619. The van der Waals surface area contributed by atoms with Gasteiger partial charge >= 0.3 is 0 Å². The highest BCUT2D eigenvalue weighted by Crippen LogP contribution is 2.38. The van der Waals surface area contributed by atoms with Crippen molar-refractivity contribution >= 4 is 6.08 Å². The quantitative estimate of drug-likeness (QED) is 0.893. The smallest absolute Gasteiger partial charge is 0.123 e. The standard InChI is InChI=1S/C21H29FN2O2/c22-19-5-3-16(4-6-19)2-1-7-23-14-17-12-20(21(25)13-18(17)15-23)24-8-10-26-11-9-24/h1-6,17-18,20-21,25H,7-15H2/b2-1+/t17-,18+,20-,21-/m1/s1. The lowest BCUT2D eigenvalue weighted by Crippen LogP contribution is -2.53. The van der Waals surface area contributed by atoms with Crippen LogP contribution in [-0.4, -0.2) is 73.0 Å². The second-order valence-electron chi connectivity index (χ2n) is 7.95. The second kappa shape index (κ2) is 8.17. The molecule has 0 unspecified atom stereocenters. The Labute approximate surface area is 155 Å². The maximum absolute atomic E-state index is 13.0. The van der Waals surface area contributed by atoms with Crippen LogP contribution in [0.15, 0.2) is 30.3 Å². The van der Waals surface area contributed by atoms with Gasteiger partial charge in [0.1, 0.15) is 5.82 Å². The van der Waals surface area contributed by atoms with Crippen molar-refractivity contribution in [1.82, 2.24) is 9.80 Å². The number of hydrogen-bond donors (Lipinski definition) is 1. The highest BCUT2D eigenvalue weighted by molar-refractivity contribution is 5.48. The summed E-state index contributed by atoms with van der Waals surface area (Å²) >= 11 is 0. The Kier molecular flexibility index (Phi) is 5.69. The SMILES string of the molecule is O[C@@H]1C[C@H]2CN(C/C=C/c3ccc(F)cc3)C[C@H]2C[C@H]1N1CCOCC1. The Morgan fingerprint density at radius 3 is 2.50 bits per heavy atom. The second-order valence-corrected chi connectivity index (χ2v) is 7.95. The van der Waals surface area contributed by atoms with Crippen LogP contribution in [-0.2, 0) is 4.74 Å². The zero-order valence-corrected chi connectivity index (χ0v) is 15.3. The third-order valence-corrected chi connectivity index (χ3v) is 6.24. The molecule has 2 aliphatic heterocycles. The van der Waals surface area contributed by atoms with E-state index in [1.807, 2.05) is 0 Å². The molecular weight excluding hydrogens is 331 g/mol. The lowest BCUT2D eigenvalue weighted by atomic mass is 9.77. The molecule has 0 radical (unpaired) electrons. The number of ether oxygens (including phenoxy) is 1. The molecule has 4 atom stereocenters. The molecule has 1 aliphatic carbocycles. The van der Waals surface area contributed by atoms with E-state index < -0.39 is 0 Å². The third-order valence-electron chi connectivity index (χ3n) is 6.24. The summed E-state index contributed by atoms with van der Waals surface area (Å²) in [6.07, 6.45) is 6.05. The molecule has 4 rings (SSSR count). The summed E-state index contributed by atoms with van der Waals surface area (Å²) in [6, 6.07) is 6.90. The molecule has 0 spiro atoms. The van der Waals surface area contributed by atoms with Gasteiger partial charge in [-0.25, -0.2) is 4.39 Å². The zero-order valence-electron chi connectivity index (χ0n) is 15.3. The van der Waals surface area contributed by atoms with Gasteiger partial charge < -0.3 is 9.84 Å². The number of morpholine rings is 1. The van der Waals surface area contributed by atoms with Gasteiger partial charge in [0.2, 0.25) is 0 Å². The van der Waals surface area contributed by atoms with E-state index in [-0.39, 0.29) is 11.9 Å². The van der Waals surface area contributed by atoms with Gasteiger partial charge in [0.15, 0.2) is 0 Å². The average Bonchev–Trinajstić information content (AvgIpc) is 3.05. The first-order valence-corrected chi connectivity index (χ1v) is 9.83. The lowest BCUT2D eigenvalue weighted by Gasteiger charge is -2.43. The Balaban J connectivity index is 1.30. The first-order chi connectivity index (χ1) is 12.7. The van der Waals surface area contributed by atoms with E-state index in [4.69, 9.17) is 4.74 Å². The Morgan fingerprint density at radius 2 is 1.77 bits per heavy atom. The van der Waals surface area contributed by atoms with Crippen molar-refractivity contribution in [2.75, 3.05) is 45.9 Å². The molecule has 4 nitrogen and oxygen atoms in total. The van der Waals surface area contributed by atoms with Gasteiger partial charge in [-0.2, -0.15) is 0 Å². The van der Waals surface area contributed by atoms with E-state index >= 15 is 0 Å². The number of benzene rings is 1. The summed E-state index contributed by atoms with van der Waals surface area (Å²) in [5.74, 6) is 1.10. The van der Waals surface area contributed by atoms with Crippen LogP contribution in [0.2, 0.25) is 0 Å². The number of likely N-dealkylation sites (tertiary alicyclic amines) is 1. The van der Waals surface area contributed by atoms with Crippen molar-refractivity contribution in [3.05, 3.63) is 41.7 Å². The molecule has 0 amide bonds. The zero-order chi connectivity index (χ0) is 17.9. The Hall–Kier alpha value is -1.27. The molecule has 142 valence electrons. The van der Waals surface area contributed by atoms with Crippen molar-refractivity contribution in [3.8, 4) is 0 Å². The van der Waals surface area contributed by atoms with Crippen LogP contribution < -0.4 is 0 Å². The molecule has 1 aromatic rings. The number of halogens is 1. The van der Waals surface area contributed by atoms with E-state index in [0.29, 0.717) is 17.9 Å².